The second-order valence-corrected chi connectivity index (χ2v) is 7.32. The molecule has 5 nitrogen and oxygen atoms in total. The number of carbonyl (C=O) groups excluding carboxylic acids is 2. The summed E-state index contributed by atoms with van der Waals surface area (Å²) < 4.78 is 18.7. The van der Waals surface area contributed by atoms with Crippen LogP contribution in [0.15, 0.2) is 41.1 Å². The van der Waals surface area contributed by atoms with E-state index < -0.39 is 23.8 Å². The lowest BCUT2D eigenvalue weighted by Crippen LogP contribution is -2.30. The van der Waals surface area contributed by atoms with Crippen LogP contribution in [0.3, 0.4) is 0 Å². The van der Waals surface area contributed by atoms with E-state index in [9.17, 15) is 14.0 Å². The average molecular weight is 390 g/mol. The maximum absolute atomic E-state index is 13.5. The van der Waals surface area contributed by atoms with Gasteiger partial charge in [0.1, 0.15) is 10.8 Å². The van der Waals surface area contributed by atoms with E-state index in [0.29, 0.717) is 11.3 Å². The molecule has 134 valence electrons. The first-order valence-electron chi connectivity index (χ1n) is 7.71. The number of rotatable bonds is 5. The minimum atomic E-state index is -1.04. The van der Waals surface area contributed by atoms with Crippen LogP contribution in [-0.2, 0) is 9.53 Å². The Hall–Kier alpha value is -2.58. The fourth-order valence-electron chi connectivity index (χ4n) is 2.07. The molecule has 0 aliphatic rings. The summed E-state index contributed by atoms with van der Waals surface area (Å²) in [6.45, 7) is 3.08. The van der Waals surface area contributed by atoms with Crippen LogP contribution in [0.25, 0.3) is 9.88 Å². The van der Waals surface area contributed by atoms with Gasteiger partial charge >= 0.3 is 5.97 Å². The Morgan fingerprint density at radius 2 is 2.08 bits per heavy atom. The number of thiazole rings is 1. The van der Waals surface area contributed by atoms with Gasteiger partial charge < -0.3 is 10.1 Å². The number of amides is 1. The number of anilines is 1. The number of esters is 1. The molecule has 1 atom stereocenters. The minimum Gasteiger partial charge on any atom is -0.448 e. The molecule has 1 amide bonds. The number of nitrogens with one attached hydrogen (secondary N) is 1. The quantitative estimate of drug-likeness (QED) is 0.651. The van der Waals surface area contributed by atoms with Crippen molar-refractivity contribution in [3.63, 3.8) is 0 Å². The number of hydrogen-bond donors (Lipinski definition) is 1. The molecule has 2 aromatic heterocycles. The van der Waals surface area contributed by atoms with Gasteiger partial charge in [-0.2, -0.15) is 0 Å². The average Bonchev–Trinajstić information content (AvgIpc) is 3.28. The van der Waals surface area contributed by atoms with Gasteiger partial charge in [-0.05, 0) is 43.0 Å². The Bertz CT molecular complexity index is 938. The van der Waals surface area contributed by atoms with Crippen LogP contribution in [0.5, 0.6) is 0 Å². The molecule has 0 aliphatic carbocycles. The number of benzene rings is 1. The normalized spacial score (nSPS) is 11.8. The zero-order valence-corrected chi connectivity index (χ0v) is 15.6. The third-order valence-electron chi connectivity index (χ3n) is 3.54. The highest BCUT2D eigenvalue weighted by atomic mass is 32.1. The van der Waals surface area contributed by atoms with Gasteiger partial charge in [0.05, 0.1) is 4.88 Å². The molecular weight excluding hydrogens is 375 g/mol. The van der Waals surface area contributed by atoms with E-state index in [2.05, 4.69) is 10.3 Å². The van der Waals surface area contributed by atoms with Crippen LogP contribution in [0, 0.1) is 12.7 Å². The molecule has 26 heavy (non-hydrogen) atoms. The molecule has 0 unspecified atom stereocenters. The lowest BCUT2D eigenvalue weighted by atomic mass is 10.2. The molecule has 2 heterocycles. The zero-order chi connectivity index (χ0) is 18.7. The summed E-state index contributed by atoms with van der Waals surface area (Å²) in [4.78, 5) is 29.5. The molecule has 0 radical (unpaired) electrons. The molecular formula is C18H15FN2O3S2. The smallest absolute Gasteiger partial charge is 0.358 e. The van der Waals surface area contributed by atoms with Crippen LogP contribution in [0.2, 0.25) is 0 Å². The molecule has 0 saturated heterocycles. The molecule has 1 aromatic carbocycles. The number of halogens is 1. The van der Waals surface area contributed by atoms with Crippen molar-refractivity contribution in [2.45, 2.75) is 20.0 Å². The van der Waals surface area contributed by atoms with Crippen LogP contribution >= 0.6 is 22.7 Å². The molecule has 8 heteroatoms. The van der Waals surface area contributed by atoms with Crippen molar-refractivity contribution in [1.29, 1.82) is 0 Å². The van der Waals surface area contributed by atoms with Crippen molar-refractivity contribution in [3.8, 4) is 9.88 Å². The van der Waals surface area contributed by atoms with Crippen molar-refractivity contribution in [1.82, 2.24) is 4.98 Å². The predicted molar refractivity (Wildman–Crippen MR) is 100 cm³/mol. The number of carbonyl (C=O) groups is 2. The van der Waals surface area contributed by atoms with E-state index in [1.807, 2.05) is 17.5 Å². The first-order chi connectivity index (χ1) is 12.4. The lowest BCUT2D eigenvalue weighted by Gasteiger charge is -2.13. The van der Waals surface area contributed by atoms with Crippen molar-refractivity contribution >= 4 is 40.2 Å². The third kappa shape index (κ3) is 4.14. The van der Waals surface area contributed by atoms with Crippen LogP contribution in [0.4, 0.5) is 10.1 Å². The van der Waals surface area contributed by atoms with Crippen molar-refractivity contribution in [2.24, 2.45) is 0 Å². The molecule has 0 saturated carbocycles. The molecule has 0 fully saturated rings. The van der Waals surface area contributed by atoms with E-state index in [0.717, 1.165) is 9.88 Å². The SMILES string of the molecule is Cc1ccc(NC(=O)[C@H](C)OC(=O)c2csc(-c3cccs3)n2)cc1F. The highest BCUT2D eigenvalue weighted by molar-refractivity contribution is 7.20. The molecule has 3 rings (SSSR count). The largest absolute Gasteiger partial charge is 0.448 e. The molecule has 3 aromatic rings. The van der Waals surface area contributed by atoms with Gasteiger partial charge in [0.25, 0.3) is 5.91 Å². The van der Waals surface area contributed by atoms with Gasteiger partial charge in [-0.15, -0.1) is 22.7 Å². The van der Waals surface area contributed by atoms with Crippen molar-refractivity contribution < 1.29 is 18.7 Å². The Kier molecular flexibility index (Phi) is 5.43. The number of aromatic nitrogens is 1. The Morgan fingerprint density at radius 3 is 2.77 bits per heavy atom. The maximum atomic E-state index is 13.5. The first-order valence-corrected chi connectivity index (χ1v) is 9.47. The van der Waals surface area contributed by atoms with Crippen molar-refractivity contribution in [2.75, 3.05) is 5.32 Å². The number of ether oxygens (including phenoxy) is 1. The van der Waals surface area contributed by atoms with E-state index in [-0.39, 0.29) is 5.69 Å². The third-order valence-corrected chi connectivity index (χ3v) is 5.42. The molecule has 0 spiro atoms. The monoisotopic (exact) mass is 390 g/mol. The highest BCUT2D eigenvalue weighted by Crippen LogP contribution is 2.28. The molecule has 0 aliphatic heterocycles. The van der Waals surface area contributed by atoms with Crippen LogP contribution in [-0.4, -0.2) is 23.0 Å². The summed E-state index contributed by atoms with van der Waals surface area (Å²) in [6.07, 6.45) is -1.04. The topological polar surface area (TPSA) is 68.3 Å². The Labute approximate surface area is 157 Å². The van der Waals surface area contributed by atoms with Gasteiger partial charge in [-0.1, -0.05) is 12.1 Å². The van der Waals surface area contributed by atoms with Gasteiger partial charge in [-0.3, -0.25) is 4.79 Å². The zero-order valence-electron chi connectivity index (χ0n) is 14.0. The summed E-state index contributed by atoms with van der Waals surface area (Å²) in [5.74, 6) is -1.65. The number of thiophene rings is 1. The van der Waals surface area contributed by atoms with Crippen molar-refractivity contribution in [3.05, 3.63) is 58.2 Å². The number of aryl methyl sites for hydroxylation is 1. The second-order valence-electron chi connectivity index (χ2n) is 5.52. The fraction of sp³-hybridized carbons (Fsp3) is 0.167. The van der Waals surface area contributed by atoms with Gasteiger partial charge in [-0.25, -0.2) is 14.2 Å². The van der Waals surface area contributed by atoms with E-state index in [1.54, 1.807) is 24.4 Å². The lowest BCUT2D eigenvalue weighted by molar-refractivity contribution is -0.123. The fourth-order valence-corrected chi connectivity index (χ4v) is 3.67. The van der Waals surface area contributed by atoms with Crippen LogP contribution < -0.4 is 5.32 Å². The Morgan fingerprint density at radius 1 is 1.27 bits per heavy atom. The van der Waals surface area contributed by atoms with E-state index >= 15 is 0 Å². The standard InChI is InChI=1S/C18H15FN2O3S2/c1-10-5-6-12(8-13(10)19)20-16(22)11(2)24-18(23)14-9-26-17(21-14)15-4-3-7-25-15/h3-9,11H,1-2H3,(H,20,22)/t11-/m0/s1. The van der Waals surface area contributed by atoms with Gasteiger partial charge in [0.15, 0.2) is 11.8 Å². The summed E-state index contributed by atoms with van der Waals surface area (Å²) in [5, 5.41) is 6.76. The molecule has 1 N–H and O–H groups in total. The molecule has 0 bridgehead atoms. The number of nitrogens with zero attached hydrogens (tertiary/aromatic N) is 1. The first kappa shape index (κ1) is 18.2. The minimum absolute atomic E-state index is 0.152. The predicted octanol–water partition coefficient (Wildman–Crippen LogP) is 4.50. The van der Waals surface area contributed by atoms with E-state index in [4.69, 9.17) is 4.74 Å². The summed E-state index contributed by atoms with van der Waals surface area (Å²) >= 11 is 2.86. The van der Waals surface area contributed by atoms with Crippen LogP contribution in [0.1, 0.15) is 23.0 Å². The Balaban J connectivity index is 1.61. The summed E-state index contributed by atoms with van der Waals surface area (Å²) in [7, 11) is 0. The van der Waals surface area contributed by atoms with Gasteiger partial charge in [0.2, 0.25) is 0 Å². The van der Waals surface area contributed by atoms with E-state index in [1.165, 1.54) is 35.7 Å². The second kappa shape index (κ2) is 7.76. The number of hydrogen-bond acceptors (Lipinski definition) is 6. The highest BCUT2D eigenvalue weighted by Gasteiger charge is 2.21. The maximum Gasteiger partial charge on any atom is 0.358 e. The summed E-state index contributed by atoms with van der Waals surface area (Å²) in [5.41, 5.74) is 0.932. The van der Waals surface area contributed by atoms with Gasteiger partial charge in [0, 0.05) is 11.1 Å². The summed E-state index contributed by atoms with van der Waals surface area (Å²) in [6, 6.07) is 8.17.